The number of carbonyl (C=O) groups is 1. The van der Waals surface area contributed by atoms with Crippen molar-refractivity contribution < 1.29 is 22.7 Å². The number of benzene rings is 2. The van der Waals surface area contributed by atoms with Gasteiger partial charge in [0.25, 0.3) is 10.0 Å². The molecule has 2 aromatic carbocycles. The highest BCUT2D eigenvalue weighted by Crippen LogP contribution is 2.62. The zero-order valence-corrected chi connectivity index (χ0v) is 21.7. The van der Waals surface area contributed by atoms with Gasteiger partial charge >= 0.3 is 0 Å². The monoisotopic (exact) mass is 518 g/mol. The van der Waals surface area contributed by atoms with Crippen LogP contribution in [0.15, 0.2) is 65.8 Å². The van der Waals surface area contributed by atoms with Gasteiger partial charge in [-0.25, -0.2) is 18.1 Å². The number of sulfonamides is 1. The summed E-state index contributed by atoms with van der Waals surface area (Å²) in [5.74, 6) is -0.185. The maximum Gasteiger partial charge on any atom is 0.264 e. The SMILES string of the molecule is COc1ccc(C)cc1[C@]1(C(=O)NS(=O)(=O)c2cccc3ncccc23)C[C@@H]1c1cnc(OC)c(C)n1. The maximum atomic E-state index is 14.0. The molecule has 5 rings (SSSR count). The van der Waals surface area contributed by atoms with Gasteiger partial charge in [-0.1, -0.05) is 23.8 Å². The van der Waals surface area contributed by atoms with E-state index < -0.39 is 27.3 Å². The Kier molecular flexibility index (Phi) is 6.07. The Hall–Kier alpha value is -4.05. The third kappa shape index (κ3) is 4.17. The predicted octanol–water partition coefficient (Wildman–Crippen LogP) is 3.59. The quantitative estimate of drug-likeness (QED) is 0.394. The summed E-state index contributed by atoms with van der Waals surface area (Å²) in [7, 11) is -1.19. The Bertz CT molecular complexity index is 1630. The highest BCUT2D eigenvalue weighted by Gasteiger charge is 2.64. The number of nitrogens with one attached hydrogen (secondary N) is 1. The van der Waals surface area contributed by atoms with Gasteiger partial charge in [-0.2, -0.15) is 0 Å². The average molecular weight is 519 g/mol. The van der Waals surface area contributed by atoms with Crippen molar-refractivity contribution in [2.24, 2.45) is 0 Å². The molecule has 1 amide bonds. The molecule has 0 aliphatic heterocycles. The summed E-state index contributed by atoms with van der Waals surface area (Å²) in [6.07, 6.45) is 3.49. The van der Waals surface area contributed by atoms with Crippen LogP contribution in [0.25, 0.3) is 10.9 Å². The number of hydrogen-bond acceptors (Lipinski definition) is 8. The molecule has 2 heterocycles. The van der Waals surface area contributed by atoms with Crippen LogP contribution in [0, 0.1) is 13.8 Å². The molecule has 1 N–H and O–H groups in total. The lowest BCUT2D eigenvalue weighted by Crippen LogP contribution is -2.40. The second-order valence-corrected chi connectivity index (χ2v) is 10.7. The van der Waals surface area contributed by atoms with E-state index in [2.05, 4.69) is 19.7 Å². The molecule has 4 aromatic rings. The smallest absolute Gasteiger partial charge is 0.264 e. The molecule has 10 heteroatoms. The lowest BCUT2D eigenvalue weighted by molar-refractivity contribution is -0.122. The first-order valence-corrected chi connectivity index (χ1v) is 13.1. The molecule has 2 atom stereocenters. The highest BCUT2D eigenvalue weighted by molar-refractivity contribution is 7.90. The average Bonchev–Trinajstić information content (AvgIpc) is 3.65. The molecule has 0 spiro atoms. The summed E-state index contributed by atoms with van der Waals surface area (Å²) in [5, 5.41) is 0.427. The largest absolute Gasteiger partial charge is 0.496 e. The number of nitrogens with zero attached hydrogens (tertiary/aromatic N) is 3. The molecule has 9 nitrogen and oxygen atoms in total. The number of hydrogen-bond donors (Lipinski definition) is 1. The van der Waals surface area contributed by atoms with Crippen LogP contribution in [-0.4, -0.2) is 43.5 Å². The van der Waals surface area contributed by atoms with Crippen molar-refractivity contribution in [1.82, 2.24) is 19.7 Å². The topological polar surface area (TPSA) is 120 Å². The fourth-order valence-corrected chi connectivity index (χ4v) is 6.15. The van der Waals surface area contributed by atoms with E-state index in [0.29, 0.717) is 45.9 Å². The molecular weight excluding hydrogens is 492 g/mol. The van der Waals surface area contributed by atoms with Crippen LogP contribution < -0.4 is 14.2 Å². The second-order valence-electron chi connectivity index (χ2n) is 9.08. The van der Waals surface area contributed by atoms with Gasteiger partial charge in [-0.3, -0.25) is 14.8 Å². The Morgan fingerprint density at radius 2 is 1.86 bits per heavy atom. The number of aryl methyl sites for hydroxylation is 2. The minimum Gasteiger partial charge on any atom is -0.496 e. The number of rotatable bonds is 7. The predicted molar refractivity (Wildman–Crippen MR) is 137 cm³/mol. The third-order valence-electron chi connectivity index (χ3n) is 6.79. The van der Waals surface area contributed by atoms with Crippen molar-refractivity contribution in [1.29, 1.82) is 0 Å². The van der Waals surface area contributed by atoms with Crippen molar-refractivity contribution in [2.45, 2.75) is 36.5 Å². The molecule has 1 aliphatic carbocycles. The van der Waals surface area contributed by atoms with E-state index in [9.17, 15) is 13.2 Å². The number of pyridine rings is 1. The van der Waals surface area contributed by atoms with Gasteiger partial charge in [0.15, 0.2) is 0 Å². The maximum absolute atomic E-state index is 14.0. The van der Waals surface area contributed by atoms with Crippen LogP contribution in [0.3, 0.4) is 0 Å². The normalized spacial score (nSPS) is 18.9. The summed E-state index contributed by atoms with van der Waals surface area (Å²) >= 11 is 0. The van der Waals surface area contributed by atoms with Crippen molar-refractivity contribution in [3.63, 3.8) is 0 Å². The van der Waals surface area contributed by atoms with Gasteiger partial charge < -0.3 is 9.47 Å². The summed E-state index contributed by atoms with van der Waals surface area (Å²) in [6.45, 7) is 3.68. The minimum absolute atomic E-state index is 0.0184. The number of aromatic nitrogens is 3. The molecule has 1 fully saturated rings. The van der Waals surface area contributed by atoms with Crippen LogP contribution in [0.4, 0.5) is 0 Å². The van der Waals surface area contributed by atoms with Crippen LogP contribution in [0.2, 0.25) is 0 Å². The van der Waals surface area contributed by atoms with Gasteiger partial charge in [0.1, 0.15) is 5.75 Å². The minimum atomic E-state index is -4.23. The Morgan fingerprint density at radius 1 is 1.05 bits per heavy atom. The van der Waals surface area contributed by atoms with Crippen LogP contribution in [-0.2, 0) is 20.2 Å². The standard InChI is InChI=1S/C27H26N4O5S/c1-16-10-11-23(35-3)19(13-16)27(14-20(27)22-15-29-25(36-4)17(2)30-22)26(32)31-37(33,34)24-9-5-8-21-18(24)7-6-12-28-21/h5-13,15,20H,14H2,1-4H3,(H,31,32)/t20-,27-/m1/s1. The van der Waals surface area contributed by atoms with Gasteiger partial charge in [-0.05, 0) is 50.6 Å². The molecule has 1 aliphatic rings. The van der Waals surface area contributed by atoms with Gasteiger partial charge in [-0.15, -0.1) is 0 Å². The first kappa shape index (κ1) is 24.6. The van der Waals surface area contributed by atoms with Crippen molar-refractivity contribution in [2.75, 3.05) is 14.2 Å². The number of fused-ring (bicyclic) bond motifs is 1. The molecule has 0 radical (unpaired) electrons. The molecule has 37 heavy (non-hydrogen) atoms. The van der Waals surface area contributed by atoms with Crippen LogP contribution in [0.1, 0.15) is 34.9 Å². The molecular formula is C27H26N4O5S. The zero-order valence-electron chi connectivity index (χ0n) is 20.8. The second kappa shape index (κ2) is 9.11. The van der Waals surface area contributed by atoms with Gasteiger partial charge in [0, 0.05) is 23.1 Å². The number of ether oxygens (including phenoxy) is 2. The van der Waals surface area contributed by atoms with E-state index in [1.165, 1.54) is 20.3 Å². The first-order chi connectivity index (χ1) is 17.7. The number of carbonyl (C=O) groups excluding carboxylic acids is 1. The Morgan fingerprint density at radius 3 is 2.59 bits per heavy atom. The van der Waals surface area contributed by atoms with E-state index in [0.717, 1.165) is 5.56 Å². The van der Waals surface area contributed by atoms with E-state index in [1.807, 2.05) is 19.1 Å². The highest BCUT2D eigenvalue weighted by atomic mass is 32.2. The van der Waals surface area contributed by atoms with Crippen molar-refractivity contribution in [3.05, 3.63) is 83.4 Å². The molecule has 190 valence electrons. The lowest BCUT2D eigenvalue weighted by Gasteiger charge is -2.21. The van der Waals surface area contributed by atoms with Crippen LogP contribution >= 0.6 is 0 Å². The summed E-state index contributed by atoms with van der Waals surface area (Å²) in [5.41, 5.74) is 1.96. The van der Waals surface area contributed by atoms with Gasteiger partial charge in [0.05, 0.1) is 47.6 Å². The van der Waals surface area contributed by atoms with E-state index >= 15 is 0 Å². The third-order valence-corrected chi connectivity index (χ3v) is 8.18. The van der Waals surface area contributed by atoms with E-state index in [4.69, 9.17) is 9.47 Å². The summed E-state index contributed by atoms with van der Waals surface area (Å²) in [6, 6.07) is 13.6. The lowest BCUT2D eigenvalue weighted by atomic mass is 9.89. The first-order valence-electron chi connectivity index (χ1n) is 11.6. The van der Waals surface area contributed by atoms with Gasteiger partial charge in [0.2, 0.25) is 11.8 Å². The number of amides is 1. The fourth-order valence-electron chi connectivity index (χ4n) is 4.90. The molecule has 0 bridgehead atoms. The Balaban J connectivity index is 1.60. The molecule has 0 saturated heterocycles. The van der Waals surface area contributed by atoms with Crippen molar-refractivity contribution >= 4 is 26.8 Å². The number of methoxy groups -OCH3 is 2. The fraction of sp³-hybridized carbons (Fsp3) is 0.259. The summed E-state index contributed by atoms with van der Waals surface area (Å²) in [4.78, 5) is 27.1. The van der Waals surface area contributed by atoms with E-state index in [-0.39, 0.29) is 4.90 Å². The molecule has 2 aromatic heterocycles. The zero-order chi connectivity index (χ0) is 26.4. The van der Waals surface area contributed by atoms with Crippen LogP contribution in [0.5, 0.6) is 11.6 Å². The molecule has 1 saturated carbocycles. The van der Waals surface area contributed by atoms with E-state index in [1.54, 1.807) is 49.6 Å². The Labute approximate surface area is 214 Å². The molecule has 0 unspecified atom stereocenters. The van der Waals surface area contributed by atoms with Crippen molar-refractivity contribution in [3.8, 4) is 11.6 Å². The summed E-state index contributed by atoms with van der Waals surface area (Å²) < 4.78 is 40.2.